The predicted octanol–water partition coefficient (Wildman–Crippen LogP) is 4.39. The zero-order valence-corrected chi connectivity index (χ0v) is 14.4. The zero-order valence-electron chi connectivity index (χ0n) is 13.6. The van der Waals surface area contributed by atoms with E-state index < -0.39 is 23.0 Å². The summed E-state index contributed by atoms with van der Waals surface area (Å²) in [6, 6.07) is 11.1. The molecule has 0 saturated carbocycles. The highest BCUT2D eigenvalue weighted by atomic mass is 35.5. The topological polar surface area (TPSA) is 58.2 Å². The summed E-state index contributed by atoms with van der Waals surface area (Å²) in [4.78, 5) is 24.9. The lowest BCUT2D eigenvalue weighted by Gasteiger charge is -2.23. The fraction of sp³-hybridized carbons (Fsp3) is 0.222. The minimum atomic E-state index is -1.33. The molecule has 6 heteroatoms. The van der Waals surface area contributed by atoms with Crippen LogP contribution in [0.4, 0.5) is 15.8 Å². The summed E-state index contributed by atoms with van der Waals surface area (Å²) < 4.78 is 13.2. The number of nitrogens with one attached hydrogen (secondary N) is 2. The third-order valence-electron chi connectivity index (χ3n) is 3.71. The van der Waals surface area contributed by atoms with E-state index in [4.69, 9.17) is 11.6 Å². The van der Waals surface area contributed by atoms with E-state index >= 15 is 0 Å². The number of hydrogen-bond donors (Lipinski definition) is 2. The molecule has 0 aromatic heterocycles. The SMILES string of the molecule is Cc1ccccc1NC(=O)C(C)(C)C(=O)Nc1ccc(F)c(Cl)c1. The van der Waals surface area contributed by atoms with Gasteiger partial charge in [0.2, 0.25) is 11.8 Å². The minimum absolute atomic E-state index is 0.102. The fourth-order valence-corrected chi connectivity index (χ4v) is 2.14. The van der Waals surface area contributed by atoms with Crippen LogP contribution in [0.3, 0.4) is 0 Å². The smallest absolute Gasteiger partial charge is 0.239 e. The number of benzene rings is 2. The number of aryl methyl sites for hydroxylation is 1. The molecule has 2 rings (SSSR count). The van der Waals surface area contributed by atoms with Gasteiger partial charge in [-0.3, -0.25) is 9.59 Å². The van der Waals surface area contributed by atoms with Gasteiger partial charge in [0.1, 0.15) is 11.2 Å². The van der Waals surface area contributed by atoms with Crippen LogP contribution in [-0.4, -0.2) is 11.8 Å². The van der Waals surface area contributed by atoms with Crippen LogP contribution >= 0.6 is 11.6 Å². The predicted molar refractivity (Wildman–Crippen MR) is 93.6 cm³/mol. The third-order valence-corrected chi connectivity index (χ3v) is 4.00. The molecule has 0 heterocycles. The quantitative estimate of drug-likeness (QED) is 0.805. The van der Waals surface area contributed by atoms with Crippen molar-refractivity contribution in [1.82, 2.24) is 0 Å². The number of hydrogen-bond acceptors (Lipinski definition) is 2. The van der Waals surface area contributed by atoms with Gasteiger partial charge in [-0.15, -0.1) is 0 Å². The second kappa shape index (κ2) is 7.01. The second-order valence-corrected chi connectivity index (χ2v) is 6.38. The normalized spacial score (nSPS) is 11.0. The Bertz CT molecular complexity index is 790. The van der Waals surface area contributed by atoms with Crippen LogP contribution in [0.2, 0.25) is 5.02 Å². The highest BCUT2D eigenvalue weighted by molar-refractivity contribution is 6.31. The molecule has 24 heavy (non-hydrogen) atoms. The van der Waals surface area contributed by atoms with Crippen molar-refractivity contribution < 1.29 is 14.0 Å². The minimum Gasteiger partial charge on any atom is -0.325 e. The van der Waals surface area contributed by atoms with Crippen LogP contribution in [0.5, 0.6) is 0 Å². The number of rotatable bonds is 4. The average molecular weight is 349 g/mol. The summed E-state index contributed by atoms with van der Waals surface area (Å²) in [6.07, 6.45) is 0. The molecule has 2 aromatic carbocycles. The first-order valence-corrected chi connectivity index (χ1v) is 7.73. The Hall–Kier alpha value is -2.40. The molecule has 2 aromatic rings. The van der Waals surface area contributed by atoms with Gasteiger partial charge in [-0.25, -0.2) is 4.39 Å². The number of halogens is 2. The van der Waals surface area contributed by atoms with Crippen molar-refractivity contribution in [3.63, 3.8) is 0 Å². The lowest BCUT2D eigenvalue weighted by molar-refractivity contribution is -0.135. The van der Waals surface area contributed by atoms with Crippen molar-refractivity contribution in [1.29, 1.82) is 0 Å². The monoisotopic (exact) mass is 348 g/mol. The molecule has 0 fully saturated rings. The molecule has 2 amide bonds. The number of anilines is 2. The van der Waals surface area contributed by atoms with E-state index in [2.05, 4.69) is 10.6 Å². The van der Waals surface area contributed by atoms with Gasteiger partial charge in [0.15, 0.2) is 0 Å². The highest BCUT2D eigenvalue weighted by Crippen LogP contribution is 2.25. The standard InChI is InChI=1S/C18H18ClFN2O2/c1-11-6-4-5-7-15(11)22-17(24)18(2,3)16(23)21-12-8-9-14(20)13(19)10-12/h4-10H,1-3H3,(H,21,23)(H,22,24). The van der Waals surface area contributed by atoms with Crippen molar-refractivity contribution in [2.75, 3.05) is 10.6 Å². The zero-order chi connectivity index (χ0) is 17.9. The van der Waals surface area contributed by atoms with Gasteiger partial charge in [-0.05, 0) is 50.6 Å². The maximum absolute atomic E-state index is 13.2. The van der Waals surface area contributed by atoms with E-state index in [-0.39, 0.29) is 5.02 Å². The lowest BCUT2D eigenvalue weighted by atomic mass is 9.90. The van der Waals surface area contributed by atoms with Crippen molar-refractivity contribution in [3.8, 4) is 0 Å². The molecule has 2 N–H and O–H groups in total. The maximum atomic E-state index is 13.2. The molecule has 0 aliphatic rings. The fourth-order valence-electron chi connectivity index (χ4n) is 1.96. The van der Waals surface area contributed by atoms with Gasteiger partial charge >= 0.3 is 0 Å². The molecular formula is C18H18ClFN2O2. The largest absolute Gasteiger partial charge is 0.325 e. The van der Waals surface area contributed by atoms with Crippen molar-refractivity contribution >= 4 is 34.8 Å². The summed E-state index contributed by atoms with van der Waals surface area (Å²) in [5, 5.41) is 5.23. The average Bonchev–Trinajstić information content (AvgIpc) is 2.53. The molecular weight excluding hydrogens is 331 g/mol. The van der Waals surface area contributed by atoms with Crippen LogP contribution in [0, 0.1) is 18.2 Å². The molecule has 126 valence electrons. The Morgan fingerprint density at radius 1 is 1.04 bits per heavy atom. The first-order chi connectivity index (χ1) is 11.2. The molecule has 0 unspecified atom stereocenters. The molecule has 0 bridgehead atoms. The summed E-state index contributed by atoms with van der Waals surface area (Å²) >= 11 is 5.69. The van der Waals surface area contributed by atoms with Crippen LogP contribution < -0.4 is 10.6 Å². The van der Waals surface area contributed by atoms with E-state index in [0.717, 1.165) is 11.6 Å². The maximum Gasteiger partial charge on any atom is 0.239 e. The highest BCUT2D eigenvalue weighted by Gasteiger charge is 2.36. The Morgan fingerprint density at radius 3 is 2.29 bits per heavy atom. The van der Waals surface area contributed by atoms with E-state index in [9.17, 15) is 14.0 Å². The molecule has 0 aliphatic carbocycles. The van der Waals surface area contributed by atoms with Crippen molar-refractivity contribution in [2.24, 2.45) is 5.41 Å². The first-order valence-electron chi connectivity index (χ1n) is 7.35. The molecule has 0 atom stereocenters. The van der Waals surface area contributed by atoms with E-state index in [1.54, 1.807) is 12.1 Å². The molecule has 4 nitrogen and oxygen atoms in total. The number of amides is 2. The summed E-state index contributed by atoms with van der Waals surface area (Å²) in [7, 11) is 0. The summed E-state index contributed by atoms with van der Waals surface area (Å²) in [5.41, 5.74) is 0.534. The molecule has 0 radical (unpaired) electrons. The van der Waals surface area contributed by atoms with E-state index in [0.29, 0.717) is 11.4 Å². The number of carbonyl (C=O) groups excluding carboxylic acids is 2. The molecule has 0 spiro atoms. The van der Waals surface area contributed by atoms with Gasteiger partial charge in [0.05, 0.1) is 5.02 Å². The Morgan fingerprint density at radius 2 is 1.67 bits per heavy atom. The van der Waals surface area contributed by atoms with Gasteiger partial charge in [-0.2, -0.15) is 0 Å². The lowest BCUT2D eigenvalue weighted by Crippen LogP contribution is -2.41. The van der Waals surface area contributed by atoms with Gasteiger partial charge in [-0.1, -0.05) is 29.8 Å². The van der Waals surface area contributed by atoms with Gasteiger partial charge in [0, 0.05) is 11.4 Å². The van der Waals surface area contributed by atoms with Crippen LogP contribution in [0.1, 0.15) is 19.4 Å². The van der Waals surface area contributed by atoms with Crippen molar-refractivity contribution in [2.45, 2.75) is 20.8 Å². The molecule has 0 saturated heterocycles. The van der Waals surface area contributed by atoms with Crippen LogP contribution in [-0.2, 0) is 9.59 Å². The van der Waals surface area contributed by atoms with Crippen molar-refractivity contribution in [3.05, 3.63) is 58.9 Å². The second-order valence-electron chi connectivity index (χ2n) is 5.98. The van der Waals surface area contributed by atoms with E-state index in [1.165, 1.54) is 26.0 Å². The van der Waals surface area contributed by atoms with Crippen LogP contribution in [0.15, 0.2) is 42.5 Å². The Balaban J connectivity index is 2.13. The Labute approximate surface area is 145 Å². The first kappa shape index (κ1) is 17.9. The Kier molecular flexibility index (Phi) is 5.24. The summed E-state index contributed by atoms with van der Waals surface area (Å²) in [6.45, 7) is 4.89. The van der Waals surface area contributed by atoms with Gasteiger partial charge < -0.3 is 10.6 Å². The van der Waals surface area contributed by atoms with Crippen LogP contribution in [0.25, 0.3) is 0 Å². The molecule has 0 aliphatic heterocycles. The summed E-state index contributed by atoms with van der Waals surface area (Å²) in [5.74, 6) is -1.54. The number of carbonyl (C=O) groups is 2. The number of para-hydroxylation sites is 1. The van der Waals surface area contributed by atoms with Gasteiger partial charge in [0.25, 0.3) is 0 Å². The third kappa shape index (κ3) is 3.92. The van der Waals surface area contributed by atoms with E-state index in [1.807, 2.05) is 19.1 Å².